The van der Waals surface area contributed by atoms with E-state index in [1.54, 1.807) is 24.3 Å². The fourth-order valence-corrected chi connectivity index (χ4v) is 4.76. The molecule has 1 heterocycles. The number of sulfonamides is 1. The molecular weight excluding hydrogens is 398 g/mol. The van der Waals surface area contributed by atoms with Crippen LogP contribution in [-0.2, 0) is 21.2 Å². The predicted octanol–water partition coefficient (Wildman–Crippen LogP) is 1.98. The van der Waals surface area contributed by atoms with E-state index in [-0.39, 0.29) is 10.8 Å². The van der Waals surface area contributed by atoms with Gasteiger partial charge in [0, 0.05) is 31.8 Å². The maximum Gasteiger partial charge on any atom is 0.243 e. The summed E-state index contributed by atoms with van der Waals surface area (Å²) in [5.74, 6) is 1.43. The third-order valence-corrected chi connectivity index (χ3v) is 7.05. The van der Waals surface area contributed by atoms with E-state index in [1.165, 1.54) is 16.1 Å². The quantitative estimate of drug-likeness (QED) is 0.421. The molecule has 0 aliphatic rings. The maximum atomic E-state index is 12.5. The summed E-state index contributed by atoms with van der Waals surface area (Å²) < 4.78 is 26.4. The molecule has 0 fully saturated rings. The lowest BCUT2D eigenvalue weighted by molar-refractivity contribution is -0.120. The first-order chi connectivity index (χ1) is 13.4. The van der Waals surface area contributed by atoms with Crippen LogP contribution in [0.3, 0.4) is 0 Å². The molecule has 2 aromatic rings. The molecule has 0 unspecified atom stereocenters. The molecule has 1 amide bonds. The number of carbonyl (C=O) groups excluding carboxylic acids is 1. The zero-order chi connectivity index (χ0) is 20.6. The molecule has 0 bridgehead atoms. The van der Waals surface area contributed by atoms with Crippen LogP contribution in [0.4, 0.5) is 0 Å². The average Bonchev–Trinajstić information content (AvgIpc) is 3.10. The second-order valence-corrected chi connectivity index (χ2v) is 9.14. The third kappa shape index (κ3) is 6.32. The SMILES string of the molecule is CCN(CC)S(=O)(=O)c1ccc(CCC(=O)NCCSc2n[nH]c(C)n2)cc1. The second kappa shape index (κ2) is 10.6. The summed E-state index contributed by atoms with van der Waals surface area (Å²) >= 11 is 1.48. The summed E-state index contributed by atoms with van der Waals surface area (Å²) in [5.41, 5.74) is 0.930. The van der Waals surface area contributed by atoms with E-state index >= 15 is 0 Å². The first-order valence-corrected chi connectivity index (χ1v) is 11.7. The fourth-order valence-electron chi connectivity index (χ4n) is 2.61. The topological polar surface area (TPSA) is 108 Å². The van der Waals surface area contributed by atoms with E-state index in [2.05, 4.69) is 20.5 Å². The van der Waals surface area contributed by atoms with E-state index in [0.29, 0.717) is 43.4 Å². The van der Waals surface area contributed by atoms with Gasteiger partial charge < -0.3 is 5.32 Å². The van der Waals surface area contributed by atoms with Crippen LogP contribution in [0.5, 0.6) is 0 Å². The number of nitrogens with zero attached hydrogens (tertiary/aromatic N) is 3. The minimum absolute atomic E-state index is 0.0355. The van der Waals surface area contributed by atoms with Crippen LogP contribution >= 0.6 is 11.8 Å². The smallest absolute Gasteiger partial charge is 0.243 e. The van der Waals surface area contributed by atoms with E-state index in [1.807, 2.05) is 20.8 Å². The van der Waals surface area contributed by atoms with Gasteiger partial charge in [0.15, 0.2) is 0 Å². The molecule has 0 saturated heterocycles. The van der Waals surface area contributed by atoms with Gasteiger partial charge in [0.2, 0.25) is 21.1 Å². The van der Waals surface area contributed by atoms with Crippen molar-refractivity contribution in [2.24, 2.45) is 0 Å². The maximum absolute atomic E-state index is 12.5. The summed E-state index contributed by atoms with van der Waals surface area (Å²) in [4.78, 5) is 16.4. The number of rotatable bonds is 11. The largest absolute Gasteiger partial charge is 0.355 e. The predicted molar refractivity (Wildman–Crippen MR) is 110 cm³/mol. The van der Waals surface area contributed by atoms with Crippen molar-refractivity contribution in [3.8, 4) is 0 Å². The van der Waals surface area contributed by atoms with Crippen molar-refractivity contribution in [3.05, 3.63) is 35.7 Å². The summed E-state index contributed by atoms with van der Waals surface area (Å²) in [6.45, 7) is 6.89. The Kier molecular flexibility index (Phi) is 8.46. The summed E-state index contributed by atoms with van der Waals surface area (Å²) in [6, 6.07) is 6.75. The first-order valence-electron chi connectivity index (χ1n) is 9.24. The number of nitrogens with one attached hydrogen (secondary N) is 2. The summed E-state index contributed by atoms with van der Waals surface area (Å²) in [6.07, 6.45) is 0.914. The molecule has 1 aromatic carbocycles. The molecular formula is C18H27N5O3S2. The van der Waals surface area contributed by atoms with Crippen molar-refractivity contribution in [1.82, 2.24) is 24.8 Å². The molecule has 1 aromatic heterocycles. The number of aryl methyl sites for hydroxylation is 2. The lowest BCUT2D eigenvalue weighted by Crippen LogP contribution is -2.30. The zero-order valence-corrected chi connectivity index (χ0v) is 18.1. The number of carbonyl (C=O) groups is 1. The molecule has 0 aliphatic heterocycles. The number of benzene rings is 1. The minimum atomic E-state index is -3.45. The molecule has 154 valence electrons. The molecule has 8 nitrogen and oxygen atoms in total. The molecule has 0 atom stereocenters. The molecule has 2 N–H and O–H groups in total. The van der Waals surface area contributed by atoms with Crippen LogP contribution in [0.15, 0.2) is 34.3 Å². The molecule has 0 aliphatic carbocycles. The molecule has 0 radical (unpaired) electrons. The van der Waals surface area contributed by atoms with Gasteiger partial charge >= 0.3 is 0 Å². The van der Waals surface area contributed by atoms with Gasteiger partial charge in [0.05, 0.1) is 4.90 Å². The van der Waals surface area contributed by atoms with Crippen LogP contribution < -0.4 is 5.32 Å². The standard InChI is InChI=1S/C18H27N5O3S2/c1-4-23(5-2)28(25,26)16-9-6-15(7-10-16)8-11-17(24)19-12-13-27-18-20-14(3)21-22-18/h6-7,9-10H,4-5,8,11-13H2,1-3H3,(H,19,24)(H,20,21,22). The van der Waals surface area contributed by atoms with Crippen LogP contribution in [0.2, 0.25) is 0 Å². The number of hydrogen-bond acceptors (Lipinski definition) is 6. The molecule has 0 saturated carbocycles. The van der Waals surface area contributed by atoms with Gasteiger partial charge in [-0.15, -0.1) is 5.10 Å². The van der Waals surface area contributed by atoms with Gasteiger partial charge in [-0.1, -0.05) is 37.7 Å². The summed E-state index contributed by atoms with van der Waals surface area (Å²) in [5, 5.41) is 10.3. The van der Waals surface area contributed by atoms with E-state index in [4.69, 9.17) is 0 Å². The number of hydrogen-bond donors (Lipinski definition) is 2. The minimum Gasteiger partial charge on any atom is -0.355 e. The van der Waals surface area contributed by atoms with Gasteiger partial charge in [-0.2, -0.15) is 4.31 Å². The van der Waals surface area contributed by atoms with Gasteiger partial charge in [0.25, 0.3) is 0 Å². The second-order valence-electron chi connectivity index (χ2n) is 6.14. The number of aromatic amines is 1. The Labute approximate surface area is 170 Å². The van der Waals surface area contributed by atoms with Crippen molar-refractivity contribution in [1.29, 1.82) is 0 Å². The number of aromatic nitrogens is 3. The Balaban J connectivity index is 1.75. The van der Waals surface area contributed by atoms with E-state index in [9.17, 15) is 13.2 Å². The summed E-state index contributed by atoms with van der Waals surface area (Å²) in [7, 11) is -3.45. The Bertz CT molecular complexity index is 862. The Morgan fingerprint density at radius 3 is 2.46 bits per heavy atom. The number of amides is 1. The van der Waals surface area contributed by atoms with Crippen LogP contribution in [0.25, 0.3) is 0 Å². The van der Waals surface area contributed by atoms with Gasteiger partial charge in [-0.25, -0.2) is 13.4 Å². The van der Waals surface area contributed by atoms with Gasteiger partial charge in [0.1, 0.15) is 5.82 Å². The highest BCUT2D eigenvalue weighted by atomic mass is 32.2. The van der Waals surface area contributed by atoms with Crippen molar-refractivity contribution in [2.75, 3.05) is 25.4 Å². The van der Waals surface area contributed by atoms with Gasteiger partial charge in [-0.05, 0) is 31.0 Å². The molecule has 10 heteroatoms. The van der Waals surface area contributed by atoms with Crippen LogP contribution in [-0.4, -0.2) is 59.2 Å². The molecule has 0 spiro atoms. The van der Waals surface area contributed by atoms with Crippen LogP contribution in [0, 0.1) is 6.92 Å². The lowest BCUT2D eigenvalue weighted by atomic mass is 10.1. The fraction of sp³-hybridized carbons (Fsp3) is 0.500. The Morgan fingerprint density at radius 1 is 1.21 bits per heavy atom. The Morgan fingerprint density at radius 2 is 1.89 bits per heavy atom. The van der Waals surface area contributed by atoms with Crippen molar-refractivity contribution in [3.63, 3.8) is 0 Å². The van der Waals surface area contributed by atoms with Crippen molar-refractivity contribution in [2.45, 2.75) is 43.7 Å². The third-order valence-electron chi connectivity index (χ3n) is 4.14. The normalized spacial score (nSPS) is 11.7. The first kappa shape index (κ1) is 22.4. The highest BCUT2D eigenvalue weighted by Crippen LogP contribution is 2.17. The zero-order valence-electron chi connectivity index (χ0n) is 16.4. The van der Waals surface area contributed by atoms with Gasteiger partial charge in [-0.3, -0.25) is 9.89 Å². The molecule has 28 heavy (non-hydrogen) atoms. The van der Waals surface area contributed by atoms with E-state index in [0.717, 1.165) is 11.4 Å². The number of H-pyrrole nitrogens is 1. The van der Waals surface area contributed by atoms with Crippen molar-refractivity contribution >= 4 is 27.7 Å². The van der Waals surface area contributed by atoms with E-state index < -0.39 is 10.0 Å². The Hall–Kier alpha value is -1.91. The van der Waals surface area contributed by atoms with Crippen LogP contribution in [0.1, 0.15) is 31.7 Å². The number of thioether (sulfide) groups is 1. The average molecular weight is 426 g/mol. The highest BCUT2D eigenvalue weighted by Gasteiger charge is 2.21. The molecule has 2 rings (SSSR count). The monoisotopic (exact) mass is 425 g/mol. The van der Waals surface area contributed by atoms with Crippen molar-refractivity contribution < 1.29 is 13.2 Å². The highest BCUT2D eigenvalue weighted by molar-refractivity contribution is 7.99. The lowest BCUT2D eigenvalue weighted by Gasteiger charge is -2.18.